The Morgan fingerprint density at radius 3 is 2.50 bits per heavy atom. The van der Waals surface area contributed by atoms with Crippen LogP contribution in [0.5, 0.6) is 5.75 Å². The summed E-state index contributed by atoms with van der Waals surface area (Å²) in [4.78, 5) is 4.39. The molecule has 0 spiro atoms. The van der Waals surface area contributed by atoms with Crippen molar-refractivity contribution in [3.05, 3.63) is 28.8 Å². The molecule has 0 amide bonds. The topological polar surface area (TPSA) is 47.6 Å². The first-order valence-electron chi connectivity index (χ1n) is 5.03. The van der Waals surface area contributed by atoms with E-state index < -0.39 is 0 Å². The van der Waals surface area contributed by atoms with Crippen molar-refractivity contribution in [3.8, 4) is 5.75 Å². The van der Waals surface area contributed by atoms with E-state index in [2.05, 4.69) is 4.99 Å². The number of amidine groups is 1. The maximum atomic E-state index is 5.93. The summed E-state index contributed by atoms with van der Waals surface area (Å²) in [6, 6.07) is 5.30. The van der Waals surface area contributed by atoms with Crippen LogP contribution in [-0.4, -0.2) is 18.5 Å². The number of benzene rings is 1. The maximum Gasteiger partial charge on any atom is 0.131 e. The molecule has 0 atom stereocenters. The number of rotatable bonds is 2. The molecule has 0 radical (unpaired) electrons. The Bertz CT molecular complexity index is 408. The fourth-order valence-electron chi connectivity index (χ4n) is 1.30. The lowest BCUT2D eigenvalue weighted by Crippen LogP contribution is -2.21. The second-order valence-corrected chi connectivity index (χ2v) is 4.95. The van der Waals surface area contributed by atoms with Crippen LogP contribution in [0.3, 0.4) is 0 Å². The molecule has 1 aromatic carbocycles. The van der Waals surface area contributed by atoms with Crippen LogP contribution in [-0.2, 0) is 0 Å². The lowest BCUT2D eigenvalue weighted by Gasteiger charge is -2.15. The highest BCUT2D eigenvalue weighted by Crippen LogP contribution is 2.23. The third-order valence-electron chi connectivity index (χ3n) is 1.90. The number of nitrogens with two attached hydrogens (primary N) is 1. The first-order valence-corrected chi connectivity index (χ1v) is 5.40. The summed E-state index contributed by atoms with van der Waals surface area (Å²) in [6.45, 7) is 5.97. The van der Waals surface area contributed by atoms with Gasteiger partial charge in [-0.3, -0.25) is 4.99 Å². The number of halogens is 1. The van der Waals surface area contributed by atoms with E-state index in [1.165, 1.54) is 0 Å². The molecule has 0 unspecified atom stereocenters. The summed E-state index contributed by atoms with van der Waals surface area (Å²) in [5.74, 6) is 1.10. The van der Waals surface area contributed by atoms with E-state index in [4.69, 9.17) is 22.1 Å². The predicted molar refractivity (Wildman–Crippen MR) is 68.5 cm³/mol. The van der Waals surface area contributed by atoms with E-state index in [0.717, 1.165) is 5.56 Å². The molecule has 16 heavy (non-hydrogen) atoms. The highest BCUT2D eigenvalue weighted by Gasteiger charge is 2.12. The van der Waals surface area contributed by atoms with Crippen molar-refractivity contribution < 1.29 is 4.74 Å². The Hall–Kier alpha value is -1.22. The molecule has 4 heteroatoms. The molecular formula is C12H17ClN2O. The van der Waals surface area contributed by atoms with Crippen LogP contribution in [0.4, 0.5) is 0 Å². The van der Waals surface area contributed by atoms with E-state index in [0.29, 0.717) is 16.6 Å². The molecule has 0 saturated carbocycles. The van der Waals surface area contributed by atoms with E-state index in [9.17, 15) is 0 Å². The van der Waals surface area contributed by atoms with Gasteiger partial charge in [0.2, 0.25) is 0 Å². The molecule has 0 heterocycles. The van der Waals surface area contributed by atoms with Crippen LogP contribution in [0.25, 0.3) is 0 Å². The Labute approximate surface area is 101 Å². The number of nitrogens with zero attached hydrogens (tertiary/aromatic N) is 1. The molecule has 0 saturated heterocycles. The number of hydrogen-bond acceptors (Lipinski definition) is 2. The van der Waals surface area contributed by atoms with Gasteiger partial charge in [-0.1, -0.05) is 11.6 Å². The fourth-order valence-corrected chi connectivity index (χ4v) is 1.46. The van der Waals surface area contributed by atoms with Crippen molar-refractivity contribution in [2.24, 2.45) is 10.7 Å². The molecule has 0 aliphatic carbocycles. The molecule has 0 aromatic heterocycles. The summed E-state index contributed by atoms with van der Waals surface area (Å²) < 4.78 is 5.22. The molecule has 0 bridgehead atoms. The van der Waals surface area contributed by atoms with Gasteiger partial charge in [0.25, 0.3) is 0 Å². The first-order chi connectivity index (χ1) is 7.33. The van der Waals surface area contributed by atoms with E-state index in [1.54, 1.807) is 19.2 Å². The number of methoxy groups -OCH3 is 1. The Kier molecular flexibility index (Phi) is 3.81. The second-order valence-electron chi connectivity index (χ2n) is 4.51. The molecular weight excluding hydrogens is 224 g/mol. The van der Waals surface area contributed by atoms with Gasteiger partial charge in [0.05, 0.1) is 18.2 Å². The minimum Gasteiger partial charge on any atom is -0.496 e. The smallest absolute Gasteiger partial charge is 0.131 e. The molecule has 1 aromatic rings. The van der Waals surface area contributed by atoms with Crippen molar-refractivity contribution in [1.82, 2.24) is 0 Å². The van der Waals surface area contributed by atoms with Gasteiger partial charge in [-0.2, -0.15) is 0 Å². The number of ether oxygens (including phenoxy) is 1. The number of hydrogen-bond donors (Lipinski definition) is 1. The molecule has 88 valence electrons. The fraction of sp³-hybridized carbons (Fsp3) is 0.417. The minimum atomic E-state index is -0.214. The zero-order valence-corrected chi connectivity index (χ0v) is 10.8. The van der Waals surface area contributed by atoms with Crippen molar-refractivity contribution in [3.63, 3.8) is 0 Å². The van der Waals surface area contributed by atoms with E-state index in [1.807, 2.05) is 26.8 Å². The molecule has 0 aliphatic rings. The summed E-state index contributed by atoms with van der Waals surface area (Å²) >= 11 is 5.87. The van der Waals surface area contributed by atoms with Gasteiger partial charge in [-0.25, -0.2) is 0 Å². The Morgan fingerprint density at radius 2 is 2.00 bits per heavy atom. The van der Waals surface area contributed by atoms with Gasteiger partial charge in [0, 0.05) is 5.02 Å². The van der Waals surface area contributed by atoms with Crippen molar-refractivity contribution in [2.45, 2.75) is 26.3 Å². The van der Waals surface area contributed by atoms with Crippen LogP contribution in [0.2, 0.25) is 5.02 Å². The molecule has 2 N–H and O–H groups in total. The minimum absolute atomic E-state index is 0.214. The van der Waals surface area contributed by atoms with E-state index in [-0.39, 0.29) is 5.54 Å². The average Bonchev–Trinajstić information content (AvgIpc) is 2.14. The van der Waals surface area contributed by atoms with Crippen LogP contribution in [0.15, 0.2) is 23.2 Å². The first kappa shape index (κ1) is 12.8. The van der Waals surface area contributed by atoms with Gasteiger partial charge in [0.1, 0.15) is 11.6 Å². The third-order valence-corrected chi connectivity index (χ3v) is 2.13. The monoisotopic (exact) mass is 240 g/mol. The zero-order chi connectivity index (χ0) is 12.3. The summed E-state index contributed by atoms with van der Waals surface area (Å²) in [5, 5.41) is 0.615. The summed E-state index contributed by atoms with van der Waals surface area (Å²) in [6.07, 6.45) is 0. The van der Waals surface area contributed by atoms with Gasteiger partial charge in [-0.05, 0) is 39.0 Å². The van der Waals surface area contributed by atoms with Crippen LogP contribution in [0.1, 0.15) is 26.3 Å². The molecule has 3 nitrogen and oxygen atoms in total. The maximum absolute atomic E-state index is 5.93. The van der Waals surface area contributed by atoms with Crippen LogP contribution >= 0.6 is 11.6 Å². The highest BCUT2D eigenvalue weighted by molar-refractivity contribution is 6.30. The SMILES string of the molecule is COc1cc(Cl)ccc1C(N)=NC(C)(C)C. The Balaban J connectivity index is 3.18. The lowest BCUT2D eigenvalue weighted by molar-refractivity contribution is 0.414. The van der Waals surface area contributed by atoms with Crippen LogP contribution in [0, 0.1) is 0 Å². The number of aliphatic imine (C=N–C) groups is 1. The molecule has 1 rings (SSSR count). The summed E-state index contributed by atoms with van der Waals surface area (Å²) in [5.41, 5.74) is 6.49. The zero-order valence-electron chi connectivity index (χ0n) is 10.0. The lowest BCUT2D eigenvalue weighted by atomic mass is 10.1. The molecule has 0 aliphatic heterocycles. The van der Waals surface area contributed by atoms with Crippen molar-refractivity contribution in [1.29, 1.82) is 0 Å². The predicted octanol–water partition coefficient (Wildman–Crippen LogP) is 2.85. The van der Waals surface area contributed by atoms with Crippen molar-refractivity contribution in [2.75, 3.05) is 7.11 Å². The van der Waals surface area contributed by atoms with Crippen LogP contribution < -0.4 is 10.5 Å². The third kappa shape index (κ3) is 3.42. The van der Waals surface area contributed by atoms with Gasteiger partial charge < -0.3 is 10.5 Å². The average molecular weight is 241 g/mol. The van der Waals surface area contributed by atoms with Crippen molar-refractivity contribution >= 4 is 17.4 Å². The van der Waals surface area contributed by atoms with Gasteiger partial charge in [-0.15, -0.1) is 0 Å². The van der Waals surface area contributed by atoms with E-state index >= 15 is 0 Å². The standard InChI is InChI=1S/C12H17ClN2O/c1-12(2,3)15-11(14)9-6-5-8(13)7-10(9)16-4/h5-7H,1-4H3,(H2,14,15). The highest BCUT2D eigenvalue weighted by atomic mass is 35.5. The van der Waals surface area contributed by atoms with Gasteiger partial charge >= 0.3 is 0 Å². The largest absolute Gasteiger partial charge is 0.496 e. The second kappa shape index (κ2) is 4.74. The normalized spacial score (nSPS) is 12.7. The Morgan fingerprint density at radius 1 is 1.38 bits per heavy atom. The molecule has 0 fully saturated rings. The summed E-state index contributed by atoms with van der Waals surface area (Å²) in [7, 11) is 1.58. The quantitative estimate of drug-likeness (QED) is 0.638. The van der Waals surface area contributed by atoms with Gasteiger partial charge in [0.15, 0.2) is 0 Å².